The molecule has 2 rings (SSSR count). The smallest absolute Gasteiger partial charge is 0.165 e. The van der Waals surface area contributed by atoms with Gasteiger partial charge in [-0.1, -0.05) is 19.9 Å². The number of halogens is 1. The molecule has 1 aliphatic rings. The van der Waals surface area contributed by atoms with Gasteiger partial charge >= 0.3 is 0 Å². The number of phenolic OH excluding ortho intramolecular Hbond substituents is 1. The zero-order chi connectivity index (χ0) is 15.8. The highest BCUT2D eigenvalue weighted by molar-refractivity contribution is 8.13. The fraction of sp³-hybridized carbons (Fsp3) is 0.533. The summed E-state index contributed by atoms with van der Waals surface area (Å²) in [7, 11) is 2.08. The Morgan fingerprint density at radius 1 is 1.52 bits per heavy atom. The highest BCUT2D eigenvalue weighted by atomic mass is 32.2. The van der Waals surface area contributed by atoms with Crippen molar-refractivity contribution >= 4 is 28.6 Å². The summed E-state index contributed by atoms with van der Waals surface area (Å²) in [5, 5.41) is 10.8. The van der Waals surface area contributed by atoms with Crippen LogP contribution in [-0.4, -0.2) is 52.6 Å². The maximum Gasteiger partial charge on any atom is 0.165 e. The lowest BCUT2D eigenvalue weighted by atomic mass is 10.2. The number of rotatable bonds is 3. The van der Waals surface area contributed by atoms with E-state index >= 15 is 0 Å². The molecular formula is C15H23FN2OS2. The molecule has 0 bridgehead atoms. The number of likely N-dealkylation sites (N-methyl/N-ethyl adjacent to an activating group) is 1. The van der Waals surface area contributed by atoms with Crippen molar-refractivity contribution in [3.05, 3.63) is 29.6 Å². The molecule has 0 saturated carbocycles. The van der Waals surface area contributed by atoms with E-state index in [2.05, 4.69) is 16.9 Å². The average Bonchev–Trinajstić information content (AvgIpc) is 2.91. The van der Waals surface area contributed by atoms with Crippen molar-refractivity contribution in [2.75, 3.05) is 32.1 Å². The molecule has 1 fully saturated rings. The molecule has 0 amide bonds. The Labute approximate surface area is 135 Å². The van der Waals surface area contributed by atoms with Gasteiger partial charge < -0.3 is 5.11 Å². The Bertz CT molecular complexity index is 483. The Morgan fingerprint density at radius 2 is 2.24 bits per heavy atom. The minimum absolute atomic E-state index is 0.317. The summed E-state index contributed by atoms with van der Waals surface area (Å²) >= 11 is 3.30. The Hall–Kier alpha value is -0.720. The van der Waals surface area contributed by atoms with Crippen LogP contribution >= 0.6 is 23.5 Å². The van der Waals surface area contributed by atoms with Crippen LogP contribution in [-0.2, 0) is 0 Å². The van der Waals surface area contributed by atoms with Gasteiger partial charge in [0, 0.05) is 12.3 Å². The number of nitrogens with zero attached hydrogens (tertiary/aromatic N) is 2. The van der Waals surface area contributed by atoms with Crippen LogP contribution in [0.5, 0.6) is 5.75 Å². The van der Waals surface area contributed by atoms with E-state index in [4.69, 9.17) is 0 Å². The van der Waals surface area contributed by atoms with Crippen molar-refractivity contribution < 1.29 is 9.50 Å². The van der Waals surface area contributed by atoms with Crippen LogP contribution in [0.1, 0.15) is 19.4 Å². The molecule has 118 valence electrons. The van der Waals surface area contributed by atoms with Gasteiger partial charge in [0.05, 0.1) is 17.5 Å². The summed E-state index contributed by atoms with van der Waals surface area (Å²) in [4.78, 5) is 6.80. The molecule has 1 heterocycles. The highest BCUT2D eigenvalue weighted by Crippen LogP contribution is 2.26. The molecule has 1 N–H and O–H groups in total. The summed E-state index contributed by atoms with van der Waals surface area (Å²) in [5.41, 5.74) is 0.471. The lowest BCUT2D eigenvalue weighted by molar-refractivity contribution is 0.357. The summed E-state index contributed by atoms with van der Waals surface area (Å²) in [6, 6.07) is 4.53. The fourth-order valence-corrected chi connectivity index (χ4v) is 3.70. The summed E-state index contributed by atoms with van der Waals surface area (Å²) in [6.07, 6.45) is 1.88. The second kappa shape index (κ2) is 9.33. The van der Waals surface area contributed by atoms with Gasteiger partial charge in [0.2, 0.25) is 0 Å². The first-order valence-electron chi connectivity index (χ1n) is 7.01. The molecule has 1 aliphatic heterocycles. The third-order valence-corrected chi connectivity index (χ3v) is 5.10. The van der Waals surface area contributed by atoms with Gasteiger partial charge in [0.1, 0.15) is 5.04 Å². The van der Waals surface area contributed by atoms with Crippen LogP contribution in [0.4, 0.5) is 4.39 Å². The van der Waals surface area contributed by atoms with E-state index in [-0.39, 0.29) is 5.75 Å². The predicted molar refractivity (Wildman–Crippen MR) is 93.2 cm³/mol. The first-order chi connectivity index (χ1) is 10.1. The SMILES string of the molecule is CC.CSC(=NCC1SCCN1C)c1cccc(F)c1O. The van der Waals surface area contributed by atoms with Crippen molar-refractivity contribution in [3.8, 4) is 5.75 Å². The number of hydrogen-bond donors (Lipinski definition) is 1. The predicted octanol–water partition coefficient (Wildman–Crippen LogP) is 3.67. The minimum Gasteiger partial charge on any atom is -0.504 e. The molecule has 1 unspecified atom stereocenters. The maximum absolute atomic E-state index is 13.4. The summed E-state index contributed by atoms with van der Waals surface area (Å²) in [5.74, 6) is 0.200. The van der Waals surface area contributed by atoms with E-state index in [0.29, 0.717) is 22.5 Å². The molecule has 1 aromatic carbocycles. The first-order valence-corrected chi connectivity index (χ1v) is 9.29. The van der Waals surface area contributed by atoms with Crippen molar-refractivity contribution in [3.63, 3.8) is 0 Å². The number of aromatic hydroxyl groups is 1. The number of thioether (sulfide) groups is 2. The molecule has 1 saturated heterocycles. The lowest BCUT2D eigenvalue weighted by Gasteiger charge is -2.16. The Kier molecular flexibility index (Phi) is 8.14. The van der Waals surface area contributed by atoms with Crippen LogP contribution in [0.15, 0.2) is 23.2 Å². The van der Waals surface area contributed by atoms with Crippen molar-refractivity contribution in [1.29, 1.82) is 0 Å². The molecule has 1 aromatic rings. The van der Waals surface area contributed by atoms with Crippen molar-refractivity contribution in [2.24, 2.45) is 4.99 Å². The summed E-state index contributed by atoms with van der Waals surface area (Å²) < 4.78 is 13.4. The average molecular weight is 330 g/mol. The van der Waals surface area contributed by atoms with Crippen LogP contribution in [0, 0.1) is 5.82 Å². The van der Waals surface area contributed by atoms with Gasteiger partial charge in [0.15, 0.2) is 11.6 Å². The molecule has 21 heavy (non-hydrogen) atoms. The molecule has 0 spiro atoms. The third kappa shape index (κ3) is 4.90. The molecule has 0 aliphatic carbocycles. The number of hydrogen-bond acceptors (Lipinski definition) is 5. The van der Waals surface area contributed by atoms with Crippen molar-refractivity contribution in [1.82, 2.24) is 4.90 Å². The second-order valence-corrected chi connectivity index (χ2v) is 6.37. The van der Waals surface area contributed by atoms with Crippen LogP contribution in [0.25, 0.3) is 0 Å². The molecular weight excluding hydrogens is 307 g/mol. The van der Waals surface area contributed by atoms with Gasteiger partial charge in [0.25, 0.3) is 0 Å². The molecule has 0 radical (unpaired) electrons. The van der Waals surface area contributed by atoms with Gasteiger partial charge in [-0.3, -0.25) is 9.89 Å². The quantitative estimate of drug-likeness (QED) is 0.677. The number of aliphatic imine (C=N–C) groups is 1. The third-order valence-electron chi connectivity index (χ3n) is 3.05. The Morgan fingerprint density at radius 3 is 2.81 bits per heavy atom. The van der Waals surface area contributed by atoms with Gasteiger partial charge in [-0.2, -0.15) is 0 Å². The fourth-order valence-electron chi connectivity index (χ4n) is 1.90. The van der Waals surface area contributed by atoms with Gasteiger partial charge in [-0.25, -0.2) is 4.39 Å². The van der Waals surface area contributed by atoms with Crippen LogP contribution in [0.2, 0.25) is 0 Å². The first kappa shape index (κ1) is 18.3. The standard InChI is InChI=1S/C13H17FN2OS2.C2H6/c1-16-6-7-19-11(16)8-15-13(18-2)9-4-3-5-10(14)12(9)17;1-2/h3-5,11,17H,6-8H2,1-2H3;1-2H3. The normalized spacial score (nSPS) is 19.3. The van der Waals surface area contributed by atoms with Crippen LogP contribution < -0.4 is 0 Å². The van der Waals surface area contributed by atoms with E-state index < -0.39 is 5.82 Å². The lowest BCUT2D eigenvalue weighted by Crippen LogP contribution is -2.26. The molecule has 1 atom stereocenters. The highest BCUT2D eigenvalue weighted by Gasteiger charge is 2.21. The Balaban J connectivity index is 0.00000106. The van der Waals surface area contributed by atoms with Gasteiger partial charge in [-0.15, -0.1) is 23.5 Å². The topological polar surface area (TPSA) is 35.8 Å². The summed E-state index contributed by atoms with van der Waals surface area (Å²) in [6.45, 7) is 5.73. The zero-order valence-corrected chi connectivity index (χ0v) is 14.6. The van der Waals surface area contributed by atoms with E-state index in [0.717, 1.165) is 12.3 Å². The molecule has 6 heteroatoms. The number of phenols is 1. The number of benzene rings is 1. The van der Waals surface area contributed by atoms with Crippen molar-refractivity contribution in [2.45, 2.75) is 19.2 Å². The van der Waals surface area contributed by atoms with E-state index in [1.54, 1.807) is 12.1 Å². The van der Waals surface area contributed by atoms with E-state index in [1.165, 1.54) is 17.8 Å². The minimum atomic E-state index is -0.605. The van der Waals surface area contributed by atoms with E-state index in [9.17, 15) is 9.50 Å². The van der Waals surface area contributed by atoms with E-state index in [1.807, 2.05) is 31.9 Å². The molecule has 3 nitrogen and oxygen atoms in total. The van der Waals surface area contributed by atoms with Gasteiger partial charge in [-0.05, 0) is 25.4 Å². The zero-order valence-electron chi connectivity index (χ0n) is 13.0. The van der Waals surface area contributed by atoms with Crippen LogP contribution in [0.3, 0.4) is 0 Å². The molecule has 0 aromatic heterocycles. The maximum atomic E-state index is 13.4. The number of para-hydroxylation sites is 1. The monoisotopic (exact) mass is 330 g/mol. The largest absolute Gasteiger partial charge is 0.504 e. The second-order valence-electron chi connectivity index (χ2n) is 4.29.